The molecule has 14 nitrogen and oxygen atoms in total. The fourth-order valence-corrected chi connectivity index (χ4v) is 6.42. The van der Waals surface area contributed by atoms with Crippen molar-refractivity contribution < 1.29 is 38.2 Å². The van der Waals surface area contributed by atoms with Gasteiger partial charge in [-0.15, -0.1) is 0 Å². The Morgan fingerprint density at radius 2 is 1.82 bits per heavy atom. The van der Waals surface area contributed by atoms with E-state index >= 15 is 0 Å². The van der Waals surface area contributed by atoms with Gasteiger partial charge in [0.05, 0.1) is 6.04 Å². The first-order valence-corrected chi connectivity index (χ1v) is 16.9. The van der Waals surface area contributed by atoms with Crippen molar-refractivity contribution in [2.45, 2.75) is 84.2 Å². The number of carbonyl (C=O) groups is 6. The van der Waals surface area contributed by atoms with E-state index in [1.807, 2.05) is 6.92 Å². The summed E-state index contributed by atoms with van der Waals surface area (Å²) in [6, 6.07) is 8.81. The lowest BCUT2D eigenvalue weighted by Gasteiger charge is -2.35. The highest BCUT2D eigenvalue weighted by molar-refractivity contribution is 6.31. The Hall–Kier alpha value is -4.85. The minimum absolute atomic E-state index is 0.00663. The minimum atomic E-state index is -0.918. The second-order valence-electron chi connectivity index (χ2n) is 13.8. The van der Waals surface area contributed by atoms with Gasteiger partial charge in [0, 0.05) is 55.9 Å². The van der Waals surface area contributed by atoms with Gasteiger partial charge in [0.1, 0.15) is 11.6 Å². The summed E-state index contributed by atoms with van der Waals surface area (Å²) in [5.41, 5.74) is 2.67. The summed E-state index contributed by atoms with van der Waals surface area (Å²) >= 11 is 6.14. The largest absolute Gasteiger partial charge is 0.444 e. The Labute approximate surface area is 296 Å². The lowest BCUT2D eigenvalue weighted by Crippen LogP contribution is -2.55. The van der Waals surface area contributed by atoms with Crippen LogP contribution in [-0.4, -0.2) is 100 Å². The number of imide groups is 1. The van der Waals surface area contributed by atoms with E-state index in [1.54, 1.807) is 62.1 Å². The summed E-state index contributed by atoms with van der Waals surface area (Å²) in [4.78, 5) is 82.9. The number of rotatable bonds is 8. The summed E-state index contributed by atoms with van der Waals surface area (Å²) < 4.78 is 10.9. The van der Waals surface area contributed by atoms with Crippen molar-refractivity contribution in [1.29, 1.82) is 0 Å². The van der Waals surface area contributed by atoms with E-state index in [0.717, 1.165) is 22.4 Å². The van der Waals surface area contributed by atoms with Gasteiger partial charge in [-0.2, -0.15) is 0 Å². The molecule has 2 aromatic rings. The zero-order valence-corrected chi connectivity index (χ0v) is 29.7. The summed E-state index contributed by atoms with van der Waals surface area (Å²) in [5, 5.41) is 6.06. The molecule has 0 spiro atoms. The predicted octanol–water partition coefficient (Wildman–Crippen LogP) is 4.87. The molecule has 2 atom stereocenters. The molecule has 50 heavy (non-hydrogen) atoms. The molecule has 3 aliphatic rings. The van der Waals surface area contributed by atoms with Crippen molar-refractivity contribution in [2.75, 3.05) is 32.2 Å². The maximum atomic E-state index is 13.5. The monoisotopic (exact) mass is 710 g/mol. The molecule has 2 fully saturated rings. The zero-order chi connectivity index (χ0) is 36.3. The number of likely N-dealkylation sites (tertiary alicyclic amines) is 2. The van der Waals surface area contributed by atoms with Crippen molar-refractivity contribution >= 4 is 53.2 Å². The fourth-order valence-electron chi connectivity index (χ4n) is 6.24. The quantitative estimate of drug-likeness (QED) is 0.368. The smallest absolute Gasteiger partial charge is 0.411 e. The van der Waals surface area contributed by atoms with E-state index < -0.39 is 48.4 Å². The molecule has 3 heterocycles. The summed E-state index contributed by atoms with van der Waals surface area (Å²) in [7, 11) is 1.52. The van der Waals surface area contributed by atoms with E-state index in [9.17, 15) is 28.8 Å². The van der Waals surface area contributed by atoms with Gasteiger partial charge in [0.15, 0.2) is 6.73 Å². The van der Waals surface area contributed by atoms with Gasteiger partial charge in [0.25, 0.3) is 11.8 Å². The maximum Gasteiger partial charge on any atom is 0.411 e. The molecular formula is C35H43ClN6O8. The number of aryl methyl sites for hydroxylation is 1. The average molecular weight is 711 g/mol. The second kappa shape index (κ2) is 15.0. The van der Waals surface area contributed by atoms with E-state index in [2.05, 4.69) is 10.6 Å². The third-order valence-corrected chi connectivity index (χ3v) is 9.27. The standard InChI is InChI=1S/C35H43ClN6O8/c1-21-8-10-24(16-27(21)36)38-32(46)37-17-22-9-11-26-23(15-22)18-41(30(26)44)28-12-13-29(43)42(31(28)45)20-49-33(47)39(5)19-25-7-6-14-40(25)34(48)50-35(2,3)4/h8-11,15-16,25,28H,6-7,12-14,17-20H2,1-5H3,(H2,37,38,46)/t25-,28?/m0/s1. The number of carbonyl (C=O) groups excluding carboxylic acids is 6. The normalized spacial score (nSPS) is 19.0. The molecule has 0 bridgehead atoms. The second-order valence-corrected chi connectivity index (χ2v) is 14.2. The van der Waals surface area contributed by atoms with Crippen LogP contribution in [0.3, 0.4) is 0 Å². The third-order valence-electron chi connectivity index (χ3n) is 8.86. The average Bonchev–Trinajstić information content (AvgIpc) is 3.64. The molecule has 15 heteroatoms. The number of piperidine rings is 1. The van der Waals surface area contributed by atoms with Crippen LogP contribution in [0.25, 0.3) is 0 Å². The van der Waals surface area contributed by atoms with Crippen molar-refractivity contribution in [3.05, 3.63) is 63.7 Å². The van der Waals surface area contributed by atoms with Crippen LogP contribution in [0.15, 0.2) is 36.4 Å². The first-order valence-electron chi connectivity index (χ1n) is 16.6. The van der Waals surface area contributed by atoms with Gasteiger partial charge >= 0.3 is 18.2 Å². The predicted molar refractivity (Wildman–Crippen MR) is 183 cm³/mol. The van der Waals surface area contributed by atoms with Crippen molar-refractivity contribution in [2.24, 2.45) is 0 Å². The van der Waals surface area contributed by atoms with Gasteiger partial charge < -0.3 is 34.8 Å². The molecule has 2 N–H and O–H groups in total. The van der Waals surface area contributed by atoms with Gasteiger partial charge in [-0.3, -0.25) is 14.4 Å². The van der Waals surface area contributed by atoms with Crippen LogP contribution in [-0.2, 0) is 32.2 Å². The lowest BCUT2D eigenvalue weighted by atomic mass is 10.0. The van der Waals surface area contributed by atoms with Gasteiger partial charge in [0.2, 0.25) is 5.91 Å². The molecule has 3 aliphatic heterocycles. The van der Waals surface area contributed by atoms with E-state index in [-0.39, 0.29) is 44.4 Å². The highest BCUT2D eigenvalue weighted by Crippen LogP contribution is 2.30. The number of hydrogen-bond donors (Lipinski definition) is 2. The molecular weight excluding hydrogens is 668 g/mol. The number of halogens is 1. The Morgan fingerprint density at radius 3 is 2.54 bits per heavy atom. The number of anilines is 1. The number of hydrogen-bond acceptors (Lipinski definition) is 8. The van der Waals surface area contributed by atoms with Crippen LogP contribution in [0.2, 0.25) is 5.02 Å². The molecule has 0 saturated carbocycles. The molecule has 5 rings (SSSR count). The van der Waals surface area contributed by atoms with E-state index in [1.165, 1.54) is 16.8 Å². The molecule has 2 aromatic carbocycles. The maximum absolute atomic E-state index is 13.5. The Morgan fingerprint density at radius 1 is 1.06 bits per heavy atom. The van der Waals surface area contributed by atoms with Crippen LogP contribution in [0, 0.1) is 6.92 Å². The number of amides is 7. The van der Waals surface area contributed by atoms with Crippen molar-refractivity contribution in [1.82, 2.24) is 24.9 Å². The Balaban J connectivity index is 1.14. The molecule has 0 radical (unpaired) electrons. The number of benzene rings is 2. The first kappa shape index (κ1) is 36.4. The van der Waals surface area contributed by atoms with Gasteiger partial charge in [-0.05, 0) is 81.8 Å². The number of ether oxygens (including phenoxy) is 2. The van der Waals surface area contributed by atoms with Crippen LogP contribution in [0.1, 0.15) is 73.5 Å². The number of urea groups is 1. The lowest BCUT2D eigenvalue weighted by molar-refractivity contribution is -0.156. The highest BCUT2D eigenvalue weighted by Gasteiger charge is 2.43. The van der Waals surface area contributed by atoms with Crippen LogP contribution < -0.4 is 10.6 Å². The zero-order valence-electron chi connectivity index (χ0n) is 28.9. The summed E-state index contributed by atoms with van der Waals surface area (Å²) in [6.07, 6.45) is 0.381. The van der Waals surface area contributed by atoms with Crippen molar-refractivity contribution in [3.63, 3.8) is 0 Å². The van der Waals surface area contributed by atoms with E-state index in [0.29, 0.717) is 34.8 Å². The number of fused-ring (bicyclic) bond motifs is 1. The molecule has 1 unspecified atom stereocenters. The molecule has 0 aliphatic carbocycles. The van der Waals surface area contributed by atoms with Crippen LogP contribution in [0.4, 0.5) is 20.1 Å². The van der Waals surface area contributed by atoms with Crippen LogP contribution in [0.5, 0.6) is 0 Å². The van der Waals surface area contributed by atoms with Crippen molar-refractivity contribution in [3.8, 4) is 0 Å². The highest BCUT2D eigenvalue weighted by atomic mass is 35.5. The summed E-state index contributed by atoms with van der Waals surface area (Å²) in [6.45, 7) is 7.67. The number of nitrogens with one attached hydrogen (secondary N) is 2. The third kappa shape index (κ3) is 8.47. The Bertz CT molecular complexity index is 1690. The van der Waals surface area contributed by atoms with Gasteiger partial charge in [-0.1, -0.05) is 29.8 Å². The SMILES string of the molecule is Cc1ccc(NC(=O)NCc2ccc3c(c2)CN(C2CCC(=O)N(COC(=O)N(C)C[C@@H]4CCCN4C(=O)OC(C)(C)C)C2=O)C3=O)cc1Cl. The minimum Gasteiger partial charge on any atom is -0.444 e. The molecule has 7 amide bonds. The van der Waals surface area contributed by atoms with Gasteiger partial charge in [-0.25, -0.2) is 19.3 Å². The first-order chi connectivity index (χ1) is 23.6. The number of likely N-dealkylation sites (N-methyl/N-ethyl adjacent to an activating group) is 1. The topological polar surface area (TPSA) is 158 Å². The molecule has 268 valence electrons. The molecule has 2 saturated heterocycles. The molecule has 0 aromatic heterocycles. The number of nitrogens with zero attached hydrogens (tertiary/aromatic N) is 4. The van der Waals surface area contributed by atoms with Crippen LogP contribution >= 0.6 is 11.6 Å². The summed E-state index contributed by atoms with van der Waals surface area (Å²) in [5.74, 6) is -1.47. The van der Waals surface area contributed by atoms with E-state index in [4.69, 9.17) is 21.1 Å². The fraction of sp³-hybridized carbons (Fsp3) is 0.486. The Kier molecular flexibility index (Phi) is 10.9.